The van der Waals surface area contributed by atoms with Gasteiger partial charge in [-0.25, -0.2) is 0 Å². The smallest absolute Gasteiger partial charge is 0.308 e. The molecule has 0 saturated carbocycles. The van der Waals surface area contributed by atoms with E-state index in [9.17, 15) is 9.59 Å². The molecule has 2 N–H and O–H groups in total. The third-order valence-corrected chi connectivity index (χ3v) is 3.20. The Bertz CT molecular complexity index is 671. The first-order chi connectivity index (χ1) is 8.52. The van der Waals surface area contributed by atoms with Crippen molar-refractivity contribution in [2.75, 3.05) is 0 Å². The van der Waals surface area contributed by atoms with Crippen LogP contribution >= 0.6 is 0 Å². The zero-order chi connectivity index (χ0) is 13.3. The van der Waals surface area contributed by atoms with Gasteiger partial charge in [0.2, 0.25) is 0 Å². The molecule has 0 atom stereocenters. The van der Waals surface area contributed by atoms with Crippen molar-refractivity contribution in [2.24, 2.45) is 0 Å². The lowest BCUT2D eigenvalue weighted by Crippen LogP contribution is -2.18. The predicted octanol–water partition coefficient (Wildman–Crippen LogP) is 2.03. The molecule has 0 aliphatic heterocycles. The molecule has 1 aromatic carbocycles. The molecule has 0 radical (unpaired) electrons. The summed E-state index contributed by atoms with van der Waals surface area (Å²) in [5.41, 5.74) is 2.68. The number of fused-ring (bicyclic) bond motifs is 1. The molecule has 1 heterocycles. The Balaban J connectivity index is 2.71. The number of hydrogen-bond donors (Lipinski definition) is 2. The van der Waals surface area contributed by atoms with Crippen LogP contribution in [0.15, 0.2) is 23.0 Å². The fourth-order valence-electron chi connectivity index (χ4n) is 2.14. The van der Waals surface area contributed by atoms with Gasteiger partial charge in [-0.1, -0.05) is 19.1 Å². The van der Waals surface area contributed by atoms with Crippen LogP contribution in [0.1, 0.15) is 23.6 Å². The molecule has 0 amide bonds. The number of pyridine rings is 1. The van der Waals surface area contributed by atoms with E-state index in [1.54, 1.807) is 6.92 Å². The van der Waals surface area contributed by atoms with E-state index in [-0.39, 0.29) is 12.0 Å². The fraction of sp³-hybridized carbons (Fsp3) is 0.286. The summed E-state index contributed by atoms with van der Waals surface area (Å²) in [6.07, 6.45) is 0.653. The van der Waals surface area contributed by atoms with Crippen LogP contribution in [-0.2, 0) is 17.6 Å². The van der Waals surface area contributed by atoms with Crippen molar-refractivity contribution in [2.45, 2.75) is 26.7 Å². The summed E-state index contributed by atoms with van der Waals surface area (Å²) in [6.45, 7) is 3.84. The number of carboxylic acids is 1. The minimum Gasteiger partial charge on any atom is -0.481 e. The number of benzene rings is 1. The third kappa shape index (κ3) is 2.14. The van der Waals surface area contributed by atoms with Crippen molar-refractivity contribution in [3.05, 3.63) is 45.2 Å². The van der Waals surface area contributed by atoms with Crippen LogP contribution < -0.4 is 5.56 Å². The number of carbonyl (C=O) groups is 1. The van der Waals surface area contributed by atoms with E-state index in [0.717, 1.165) is 28.5 Å². The first kappa shape index (κ1) is 12.4. The Morgan fingerprint density at radius 2 is 2.11 bits per heavy atom. The van der Waals surface area contributed by atoms with E-state index in [2.05, 4.69) is 4.98 Å². The second kappa shape index (κ2) is 4.64. The van der Waals surface area contributed by atoms with Crippen molar-refractivity contribution >= 4 is 16.9 Å². The summed E-state index contributed by atoms with van der Waals surface area (Å²) < 4.78 is 0. The normalized spacial score (nSPS) is 10.8. The topological polar surface area (TPSA) is 70.2 Å². The van der Waals surface area contributed by atoms with Crippen molar-refractivity contribution in [3.63, 3.8) is 0 Å². The zero-order valence-corrected chi connectivity index (χ0v) is 10.4. The average Bonchev–Trinajstić information content (AvgIpc) is 2.33. The first-order valence-corrected chi connectivity index (χ1v) is 5.89. The Kier molecular flexibility index (Phi) is 3.19. The molecule has 0 saturated heterocycles. The molecule has 18 heavy (non-hydrogen) atoms. The molecule has 94 valence electrons. The monoisotopic (exact) mass is 245 g/mol. The average molecular weight is 245 g/mol. The van der Waals surface area contributed by atoms with Crippen LogP contribution in [-0.4, -0.2) is 16.1 Å². The summed E-state index contributed by atoms with van der Waals surface area (Å²) in [5, 5.41) is 9.72. The predicted molar refractivity (Wildman–Crippen MR) is 70.0 cm³/mol. The molecule has 4 nitrogen and oxygen atoms in total. The molecule has 0 unspecified atom stereocenters. The Labute approximate surface area is 104 Å². The number of rotatable bonds is 3. The highest BCUT2D eigenvalue weighted by atomic mass is 16.4. The van der Waals surface area contributed by atoms with E-state index in [1.165, 1.54) is 0 Å². The highest BCUT2D eigenvalue weighted by Crippen LogP contribution is 2.19. The van der Waals surface area contributed by atoms with Gasteiger partial charge in [-0.05, 0) is 30.5 Å². The summed E-state index contributed by atoms with van der Waals surface area (Å²) in [5.74, 6) is -0.992. The molecule has 0 aliphatic carbocycles. The molecule has 0 aliphatic rings. The lowest BCUT2D eigenvalue weighted by Gasteiger charge is -2.08. The van der Waals surface area contributed by atoms with Crippen LogP contribution in [0, 0.1) is 6.92 Å². The van der Waals surface area contributed by atoms with Gasteiger partial charge in [0.05, 0.1) is 6.42 Å². The number of aromatic amines is 1. The summed E-state index contributed by atoms with van der Waals surface area (Å²) in [7, 11) is 0. The van der Waals surface area contributed by atoms with Crippen molar-refractivity contribution < 1.29 is 9.90 Å². The van der Waals surface area contributed by atoms with E-state index in [1.807, 2.05) is 25.1 Å². The largest absolute Gasteiger partial charge is 0.481 e. The molecule has 0 fully saturated rings. The number of aromatic nitrogens is 1. The van der Waals surface area contributed by atoms with Crippen LogP contribution in [0.2, 0.25) is 0 Å². The Hall–Kier alpha value is -2.10. The van der Waals surface area contributed by atoms with Crippen LogP contribution in [0.3, 0.4) is 0 Å². The fourth-order valence-corrected chi connectivity index (χ4v) is 2.14. The standard InChI is InChI=1S/C14H15NO3/c1-3-9-4-5-10-8(2)11(7-13(16)17)14(18)15-12(10)6-9/h4-6H,3,7H2,1-2H3,(H,15,18)(H,16,17). The molecular formula is C14H15NO3. The highest BCUT2D eigenvalue weighted by molar-refractivity contribution is 5.84. The quantitative estimate of drug-likeness (QED) is 0.869. The first-order valence-electron chi connectivity index (χ1n) is 5.89. The van der Waals surface area contributed by atoms with Gasteiger partial charge >= 0.3 is 5.97 Å². The second-order valence-corrected chi connectivity index (χ2v) is 4.36. The SMILES string of the molecule is CCc1ccc2c(C)c(CC(=O)O)c(=O)[nH]c2c1. The van der Waals surface area contributed by atoms with Crippen LogP contribution in [0.25, 0.3) is 10.9 Å². The molecule has 2 rings (SSSR count). The maximum atomic E-state index is 11.9. The van der Waals surface area contributed by atoms with Gasteiger partial charge in [-0.3, -0.25) is 9.59 Å². The number of aryl methyl sites for hydroxylation is 2. The van der Waals surface area contributed by atoms with E-state index in [0.29, 0.717) is 5.56 Å². The van der Waals surface area contributed by atoms with Crippen LogP contribution in [0.5, 0.6) is 0 Å². The van der Waals surface area contributed by atoms with Gasteiger partial charge < -0.3 is 10.1 Å². The van der Waals surface area contributed by atoms with Gasteiger partial charge in [-0.2, -0.15) is 0 Å². The van der Waals surface area contributed by atoms with Gasteiger partial charge in [0.25, 0.3) is 5.56 Å². The Morgan fingerprint density at radius 1 is 1.39 bits per heavy atom. The zero-order valence-electron chi connectivity index (χ0n) is 10.4. The van der Waals surface area contributed by atoms with E-state index >= 15 is 0 Å². The minimum atomic E-state index is -0.992. The number of aliphatic carboxylic acids is 1. The number of hydrogen-bond acceptors (Lipinski definition) is 2. The second-order valence-electron chi connectivity index (χ2n) is 4.36. The lowest BCUT2D eigenvalue weighted by atomic mass is 10.0. The number of carboxylic acid groups (broad SMARTS) is 1. The van der Waals surface area contributed by atoms with Crippen LogP contribution in [0.4, 0.5) is 0 Å². The van der Waals surface area contributed by atoms with Crippen molar-refractivity contribution in [3.8, 4) is 0 Å². The third-order valence-electron chi connectivity index (χ3n) is 3.20. The minimum absolute atomic E-state index is 0.243. The molecule has 4 heteroatoms. The molecule has 0 spiro atoms. The van der Waals surface area contributed by atoms with Crippen molar-refractivity contribution in [1.29, 1.82) is 0 Å². The highest BCUT2D eigenvalue weighted by Gasteiger charge is 2.12. The molecule has 0 bridgehead atoms. The molecule has 2 aromatic rings. The molecular weight excluding hydrogens is 230 g/mol. The maximum Gasteiger partial charge on any atom is 0.308 e. The maximum absolute atomic E-state index is 11.9. The van der Waals surface area contributed by atoms with Gasteiger partial charge in [0.15, 0.2) is 0 Å². The summed E-state index contributed by atoms with van der Waals surface area (Å²) >= 11 is 0. The summed E-state index contributed by atoms with van der Waals surface area (Å²) in [6, 6.07) is 5.87. The molecule has 1 aromatic heterocycles. The summed E-state index contributed by atoms with van der Waals surface area (Å²) in [4.78, 5) is 25.4. The van der Waals surface area contributed by atoms with E-state index in [4.69, 9.17) is 5.11 Å². The number of H-pyrrole nitrogens is 1. The van der Waals surface area contributed by atoms with Crippen molar-refractivity contribution in [1.82, 2.24) is 4.98 Å². The number of nitrogens with one attached hydrogen (secondary N) is 1. The van der Waals surface area contributed by atoms with Gasteiger partial charge in [0, 0.05) is 16.5 Å². The lowest BCUT2D eigenvalue weighted by molar-refractivity contribution is -0.136. The van der Waals surface area contributed by atoms with E-state index < -0.39 is 5.97 Å². The Morgan fingerprint density at radius 3 is 2.72 bits per heavy atom. The van der Waals surface area contributed by atoms with Gasteiger partial charge in [0.1, 0.15) is 0 Å². The van der Waals surface area contributed by atoms with Gasteiger partial charge in [-0.15, -0.1) is 0 Å².